The molecule has 1 radical (unpaired) electrons. The molecule has 1 rings (SSSR count). The monoisotopic (exact) mass is 162 g/mol. The van der Waals surface area contributed by atoms with E-state index in [4.69, 9.17) is 14.7 Å². The Bertz CT molecular complexity index is 293. The van der Waals surface area contributed by atoms with Crippen LogP contribution < -0.4 is 9.47 Å². The van der Waals surface area contributed by atoms with Gasteiger partial charge in [0, 0.05) is 0 Å². The molecular weight excluding hydrogens is 154 g/mol. The van der Waals surface area contributed by atoms with Gasteiger partial charge in [-0.05, 0) is 18.2 Å². The standard InChI is InChI=1S/C9H8NO2/c1-11-8-4-3-5-9(12-2)7(8)6-10/h4-5H,1-2H3. The zero-order valence-corrected chi connectivity index (χ0v) is 6.92. The minimum absolute atomic E-state index is 0.402. The van der Waals surface area contributed by atoms with Crippen molar-refractivity contribution in [3.63, 3.8) is 0 Å². The molecule has 0 spiro atoms. The first-order valence-corrected chi connectivity index (χ1v) is 3.35. The third kappa shape index (κ3) is 1.32. The van der Waals surface area contributed by atoms with Crippen molar-refractivity contribution in [2.75, 3.05) is 14.2 Å². The van der Waals surface area contributed by atoms with Crippen LogP contribution in [0.15, 0.2) is 12.1 Å². The zero-order chi connectivity index (χ0) is 8.97. The molecule has 0 aliphatic carbocycles. The maximum Gasteiger partial charge on any atom is 0.141 e. The van der Waals surface area contributed by atoms with Gasteiger partial charge in [0.1, 0.15) is 23.1 Å². The second-order valence-electron chi connectivity index (χ2n) is 2.08. The van der Waals surface area contributed by atoms with Gasteiger partial charge in [0.15, 0.2) is 0 Å². The second kappa shape index (κ2) is 3.63. The SMILES string of the molecule is COc1c[c]cc(OC)c1C#N. The Morgan fingerprint density at radius 1 is 1.25 bits per heavy atom. The lowest BCUT2D eigenvalue weighted by molar-refractivity contribution is 0.392. The Kier molecular flexibility index (Phi) is 2.54. The van der Waals surface area contributed by atoms with Crippen LogP contribution in [0.3, 0.4) is 0 Å². The number of benzene rings is 1. The van der Waals surface area contributed by atoms with Gasteiger partial charge in [-0.1, -0.05) is 0 Å². The van der Waals surface area contributed by atoms with Gasteiger partial charge < -0.3 is 9.47 Å². The summed E-state index contributed by atoms with van der Waals surface area (Å²) < 4.78 is 9.89. The highest BCUT2D eigenvalue weighted by Gasteiger charge is 2.07. The predicted molar refractivity (Wildman–Crippen MR) is 43.1 cm³/mol. The number of methoxy groups -OCH3 is 2. The molecule has 12 heavy (non-hydrogen) atoms. The summed E-state index contributed by atoms with van der Waals surface area (Å²) in [5, 5.41) is 8.74. The average molecular weight is 162 g/mol. The van der Waals surface area contributed by atoms with Gasteiger partial charge in [-0.3, -0.25) is 0 Å². The molecule has 0 N–H and O–H groups in total. The van der Waals surface area contributed by atoms with Crippen molar-refractivity contribution in [2.45, 2.75) is 0 Å². The van der Waals surface area contributed by atoms with E-state index in [9.17, 15) is 0 Å². The minimum atomic E-state index is 0.402. The fourth-order valence-corrected chi connectivity index (χ4v) is 0.891. The third-order valence-electron chi connectivity index (χ3n) is 1.47. The number of ether oxygens (including phenoxy) is 2. The quantitative estimate of drug-likeness (QED) is 0.659. The molecule has 0 fully saturated rings. The summed E-state index contributed by atoms with van der Waals surface area (Å²) in [6.45, 7) is 0. The van der Waals surface area contributed by atoms with Gasteiger partial charge in [-0.2, -0.15) is 5.26 Å². The third-order valence-corrected chi connectivity index (χ3v) is 1.47. The van der Waals surface area contributed by atoms with Crippen LogP contribution in [-0.4, -0.2) is 14.2 Å². The Morgan fingerprint density at radius 2 is 1.75 bits per heavy atom. The van der Waals surface area contributed by atoms with Crippen molar-refractivity contribution in [3.8, 4) is 17.6 Å². The van der Waals surface area contributed by atoms with Gasteiger partial charge in [-0.15, -0.1) is 0 Å². The van der Waals surface area contributed by atoms with Gasteiger partial charge >= 0.3 is 0 Å². The summed E-state index contributed by atoms with van der Waals surface area (Å²) >= 11 is 0. The van der Waals surface area contributed by atoms with Gasteiger partial charge in [-0.25, -0.2) is 0 Å². The van der Waals surface area contributed by atoms with Crippen LogP contribution in [0.4, 0.5) is 0 Å². The lowest BCUT2D eigenvalue weighted by Crippen LogP contribution is -1.92. The molecule has 0 aromatic heterocycles. The van der Waals surface area contributed by atoms with E-state index in [1.54, 1.807) is 12.1 Å². The molecule has 1 aromatic carbocycles. The van der Waals surface area contributed by atoms with E-state index in [0.717, 1.165) is 0 Å². The number of nitrogens with zero attached hydrogens (tertiary/aromatic N) is 1. The molecule has 0 amide bonds. The zero-order valence-electron chi connectivity index (χ0n) is 6.92. The molecule has 3 heteroatoms. The molecule has 0 aliphatic rings. The normalized spacial score (nSPS) is 8.75. The topological polar surface area (TPSA) is 42.2 Å². The predicted octanol–water partition coefficient (Wildman–Crippen LogP) is 1.38. The summed E-state index contributed by atoms with van der Waals surface area (Å²) in [4.78, 5) is 0. The van der Waals surface area contributed by atoms with Gasteiger partial charge in [0.05, 0.1) is 14.2 Å². The van der Waals surface area contributed by atoms with E-state index in [1.807, 2.05) is 6.07 Å². The van der Waals surface area contributed by atoms with E-state index in [1.165, 1.54) is 14.2 Å². The first kappa shape index (κ1) is 8.41. The van der Waals surface area contributed by atoms with E-state index < -0.39 is 0 Å². The fourth-order valence-electron chi connectivity index (χ4n) is 0.891. The first-order chi connectivity index (χ1) is 5.83. The summed E-state index contributed by atoms with van der Waals surface area (Å²) in [7, 11) is 3.01. The smallest absolute Gasteiger partial charge is 0.141 e. The highest BCUT2D eigenvalue weighted by atomic mass is 16.5. The Hall–Kier alpha value is -1.69. The molecular formula is C9H8NO2. The van der Waals surface area contributed by atoms with Crippen molar-refractivity contribution in [2.24, 2.45) is 0 Å². The maximum atomic E-state index is 8.74. The number of rotatable bonds is 2. The largest absolute Gasteiger partial charge is 0.495 e. The molecule has 3 nitrogen and oxygen atoms in total. The number of hydrogen-bond donors (Lipinski definition) is 0. The Labute approximate surface area is 71.1 Å². The summed E-state index contributed by atoms with van der Waals surface area (Å²) in [6.07, 6.45) is 0. The average Bonchev–Trinajstić information content (AvgIpc) is 2.16. The fraction of sp³-hybridized carbons (Fsp3) is 0.222. The van der Waals surface area contributed by atoms with Crippen molar-refractivity contribution >= 4 is 0 Å². The lowest BCUT2D eigenvalue weighted by Gasteiger charge is -2.05. The Balaban J connectivity index is 3.25. The number of hydrogen-bond acceptors (Lipinski definition) is 3. The molecule has 0 bridgehead atoms. The lowest BCUT2D eigenvalue weighted by atomic mass is 10.2. The summed E-state index contributed by atoms with van der Waals surface area (Å²) in [5.74, 6) is 0.966. The van der Waals surface area contributed by atoms with Crippen LogP contribution in [0.2, 0.25) is 0 Å². The van der Waals surface area contributed by atoms with E-state index >= 15 is 0 Å². The van der Waals surface area contributed by atoms with E-state index in [-0.39, 0.29) is 0 Å². The van der Waals surface area contributed by atoms with Gasteiger partial charge in [0.25, 0.3) is 0 Å². The molecule has 0 unspecified atom stereocenters. The van der Waals surface area contributed by atoms with Crippen LogP contribution in [0.1, 0.15) is 5.56 Å². The minimum Gasteiger partial charge on any atom is -0.495 e. The molecule has 0 saturated heterocycles. The molecule has 1 aromatic rings. The first-order valence-electron chi connectivity index (χ1n) is 3.35. The van der Waals surface area contributed by atoms with E-state index in [2.05, 4.69) is 6.07 Å². The van der Waals surface area contributed by atoms with Crippen LogP contribution in [0.25, 0.3) is 0 Å². The maximum absolute atomic E-state index is 8.74. The number of nitriles is 1. The molecule has 61 valence electrons. The molecule has 0 saturated carbocycles. The van der Waals surface area contributed by atoms with Crippen LogP contribution in [0.5, 0.6) is 11.5 Å². The van der Waals surface area contributed by atoms with Crippen molar-refractivity contribution in [1.29, 1.82) is 5.26 Å². The second-order valence-corrected chi connectivity index (χ2v) is 2.08. The molecule has 0 heterocycles. The highest BCUT2D eigenvalue weighted by molar-refractivity contribution is 5.52. The van der Waals surface area contributed by atoms with E-state index in [0.29, 0.717) is 17.1 Å². The summed E-state index contributed by atoms with van der Waals surface area (Å²) in [6, 6.07) is 8.00. The van der Waals surface area contributed by atoms with Crippen molar-refractivity contribution in [3.05, 3.63) is 23.8 Å². The summed E-state index contributed by atoms with van der Waals surface area (Å²) in [5.41, 5.74) is 0.402. The van der Waals surface area contributed by atoms with Gasteiger partial charge in [0.2, 0.25) is 0 Å². The van der Waals surface area contributed by atoms with Crippen molar-refractivity contribution in [1.82, 2.24) is 0 Å². The highest BCUT2D eigenvalue weighted by Crippen LogP contribution is 2.26. The van der Waals surface area contributed by atoms with Crippen molar-refractivity contribution < 1.29 is 9.47 Å². The van der Waals surface area contributed by atoms with Crippen LogP contribution in [-0.2, 0) is 0 Å². The molecule has 0 atom stereocenters. The van der Waals surface area contributed by atoms with Crippen LogP contribution in [0, 0.1) is 17.4 Å². The molecule has 0 aliphatic heterocycles. The van der Waals surface area contributed by atoms with Crippen LogP contribution >= 0.6 is 0 Å². The Morgan fingerprint density at radius 3 is 2.08 bits per heavy atom.